The number of hydrogen-bond donors (Lipinski definition) is 10. The Morgan fingerprint density at radius 1 is 0.971 bits per heavy atom. The van der Waals surface area contributed by atoms with Crippen LogP contribution in [-0.4, -0.2) is 145 Å². The molecule has 0 spiro atoms. The van der Waals surface area contributed by atoms with E-state index in [1.54, 1.807) is 0 Å². The third-order valence-corrected chi connectivity index (χ3v) is 6.05. The highest BCUT2D eigenvalue weighted by atomic mass is 16.8. The molecule has 0 aromatic rings. The van der Waals surface area contributed by atoms with E-state index in [-0.39, 0.29) is 6.61 Å². The maximum atomic E-state index is 12.0. The summed E-state index contributed by atoms with van der Waals surface area (Å²) in [7, 11) is 0. The summed E-state index contributed by atoms with van der Waals surface area (Å²) in [5.74, 6) is -3.98. The number of carboxylic acid groups (broad SMARTS) is 1. The molecule has 2 aliphatic rings. The average Bonchev–Trinajstić information content (AvgIpc) is 2.84. The van der Waals surface area contributed by atoms with E-state index in [1.807, 2.05) is 0 Å². The van der Waals surface area contributed by atoms with E-state index in [2.05, 4.69) is 0 Å². The second kappa shape index (κ2) is 13.5. The topological polar surface area (TPSA) is 262 Å². The fourth-order valence-corrected chi connectivity index (χ4v) is 4.03. The van der Waals surface area contributed by atoms with E-state index in [0.29, 0.717) is 25.8 Å². The van der Waals surface area contributed by atoms with E-state index >= 15 is 0 Å². The first kappa shape index (κ1) is 30.2. The van der Waals surface area contributed by atoms with Crippen molar-refractivity contribution in [1.29, 1.82) is 0 Å². The van der Waals surface area contributed by atoms with Crippen molar-refractivity contribution in [2.75, 3.05) is 26.4 Å². The number of nitrogens with two attached hydrogens (primary N) is 1. The molecule has 2 heterocycles. The molecule has 0 aromatic heterocycles. The van der Waals surface area contributed by atoms with Crippen LogP contribution in [0.5, 0.6) is 0 Å². The SMILES string of the molecule is NCCCCCO[C@]1(C(=O)O)C[C@@H](O)[C@@H](O[C@H]2OC([C@@H](O)CO)[C@@H](O)[C@H](O)C2O)C([C@H](O)CO)O1. The van der Waals surface area contributed by atoms with Crippen LogP contribution < -0.4 is 5.73 Å². The zero-order valence-corrected chi connectivity index (χ0v) is 19.1. The van der Waals surface area contributed by atoms with Crippen LogP contribution in [0.15, 0.2) is 0 Å². The number of ether oxygens (including phenoxy) is 4. The molecule has 0 amide bonds. The summed E-state index contributed by atoms with van der Waals surface area (Å²) >= 11 is 0. The van der Waals surface area contributed by atoms with Crippen LogP contribution in [0, 0.1) is 0 Å². The molecule has 0 radical (unpaired) electrons. The van der Waals surface area contributed by atoms with Gasteiger partial charge in [-0.2, -0.15) is 0 Å². The van der Waals surface area contributed by atoms with Gasteiger partial charge in [0.05, 0.1) is 25.9 Å². The molecule has 206 valence electrons. The van der Waals surface area contributed by atoms with Gasteiger partial charge in [-0.3, -0.25) is 0 Å². The highest BCUT2D eigenvalue weighted by molar-refractivity contribution is 5.76. The quantitative estimate of drug-likeness (QED) is 0.103. The van der Waals surface area contributed by atoms with E-state index in [1.165, 1.54) is 0 Å². The van der Waals surface area contributed by atoms with Gasteiger partial charge < -0.3 is 70.6 Å². The monoisotopic (exact) mass is 515 g/mol. The van der Waals surface area contributed by atoms with Crippen LogP contribution in [0.1, 0.15) is 25.7 Å². The van der Waals surface area contributed by atoms with Gasteiger partial charge in [-0.05, 0) is 25.8 Å². The Morgan fingerprint density at radius 2 is 1.60 bits per heavy atom. The Kier molecular flexibility index (Phi) is 11.6. The van der Waals surface area contributed by atoms with E-state index in [9.17, 15) is 45.6 Å². The highest BCUT2D eigenvalue weighted by Gasteiger charge is 2.57. The van der Waals surface area contributed by atoms with Crippen LogP contribution >= 0.6 is 0 Å². The van der Waals surface area contributed by atoms with Crippen molar-refractivity contribution in [3.63, 3.8) is 0 Å². The molecule has 0 aromatic carbocycles. The van der Waals surface area contributed by atoms with Crippen LogP contribution in [0.2, 0.25) is 0 Å². The number of aliphatic hydroxyl groups is 8. The maximum Gasteiger partial charge on any atom is 0.364 e. The van der Waals surface area contributed by atoms with Gasteiger partial charge in [-0.15, -0.1) is 0 Å². The number of aliphatic hydroxyl groups excluding tert-OH is 8. The molecule has 0 aliphatic carbocycles. The lowest BCUT2D eigenvalue weighted by Gasteiger charge is -2.48. The number of aliphatic carboxylic acids is 1. The summed E-state index contributed by atoms with van der Waals surface area (Å²) in [5.41, 5.74) is 5.42. The molecular weight excluding hydrogens is 478 g/mol. The lowest BCUT2D eigenvalue weighted by molar-refractivity contribution is -0.369. The minimum atomic E-state index is -2.39. The molecule has 2 rings (SSSR count). The minimum absolute atomic E-state index is 0.0677. The Morgan fingerprint density at radius 3 is 2.17 bits per heavy atom. The molecule has 2 aliphatic heterocycles. The molecule has 2 saturated heterocycles. The largest absolute Gasteiger partial charge is 0.477 e. The fraction of sp³-hybridized carbons (Fsp3) is 0.950. The number of carboxylic acids is 1. The van der Waals surface area contributed by atoms with Crippen LogP contribution in [0.4, 0.5) is 0 Å². The van der Waals surface area contributed by atoms with Gasteiger partial charge in [-0.1, -0.05) is 0 Å². The zero-order valence-electron chi connectivity index (χ0n) is 19.1. The average molecular weight is 516 g/mol. The van der Waals surface area contributed by atoms with Gasteiger partial charge in [-0.25, -0.2) is 4.79 Å². The molecule has 2 fully saturated rings. The van der Waals surface area contributed by atoms with Crippen molar-refractivity contribution in [2.24, 2.45) is 5.73 Å². The predicted octanol–water partition coefficient (Wildman–Crippen LogP) is -5.04. The van der Waals surface area contributed by atoms with Crippen molar-refractivity contribution in [3.05, 3.63) is 0 Å². The second-order valence-electron chi connectivity index (χ2n) is 8.65. The molecule has 11 atom stereocenters. The molecule has 15 nitrogen and oxygen atoms in total. The Labute approximate surface area is 201 Å². The van der Waals surface area contributed by atoms with Crippen molar-refractivity contribution >= 4 is 5.97 Å². The standard InChI is InChI=1S/C20H37NO14/c21-4-2-1-3-5-32-20(19(30)31)6-9(24)16(17(35-20)11(26)8-23)34-18-14(29)12(27)13(28)15(33-18)10(25)7-22/h9-18,22-29H,1-8,21H2,(H,30,31)/t9-,10+,11-,12+,13+,14?,15?,16-,17?,18-,20-/m1/s1. The fourth-order valence-electron chi connectivity index (χ4n) is 4.03. The normalized spacial score (nSPS) is 39.8. The molecule has 0 saturated carbocycles. The highest BCUT2D eigenvalue weighted by Crippen LogP contribution is 2.36. The number of unbranched alkanes of at least 4 members (excludes halogenated alkanes) is 2. The van der Waals surface area contributed by atoms with Gasteiger partial charge in [0.1, 0.15) is 48.8 Å². The van der Waals surface area contributed by atoms with Gasteiger partial charge in [0.15, 0.2) is 6.29 Å². The summed E-state index contributed by atoms with van der Waals surface area (Å²) in [6.07, 6.45) is -16.4. The van der Waals surface area contributed by atoms with Gasteiger partial charge in [0.2, 0.25) is 0 Å². The van der Waals surface area contributed by atoms with Crippen molar-refractivity contribution in [2.45, 2.75) is 92.7 Å². The summed E-state index contributed by atoms with van der Waals surface area (Å²) in [6, 6.07) is 0. The third-order valence-electron chi connectivity index (χ3n) is 6.05. The number of hydrogen-bond acceptors (Lipinski definition) is 14. The smallest absolute Gasteiger partial charge is 0.364 e. The van der Waals surface area contributed by atoms with E-state index < -0.39 is 92.6 Å². The number of carbonyl (C=O) groups is 1. The molecule has 35 heavy (non-hydrogen) atoms. The Hall–Kier alpha value is -1.05. The van der Waals surface area contributed by atoms with Gasteiger partial charge >= 0.3 is 5.97 Å². The van der Waals surface area contributed by atoms with Crippen LogP contribution in [0.25, 0.3) is 0 Å². The first-order valence-corrected chi connectivity index (χ1v) is 11.4. The third kappa shape index (κ3) is 7.04. The maximum absolute atomic E-state index is 12.0. The van der Waals surface area contributed by atoms with E-state index in [4.69, 9.17) is 29.8 Å². The van der Waals surface area contributed by atoms with E-state index in [0.717, 1.165) is 0 Å². The molecule has 0 bridgehead atoms. The molecule has 15 heteroatoms. The van der Waals surface area contributed by atoms with Crippen molar-refractivity contribution < 1.29 is 69.7 Å². The molecular formula is C20H37NO14. The van der Waals surface area contributed by atoms with Crippen LogP contribution in [-0.2, 0) is 23.7 Å². The minimum Gasteiger partial charge on any atom is -0.477 e. The van der Waals surface area contributed by atoms with Crippen LogP contribution in [0.3, 0.4) is 0 Å². The number of rotatable bonds is 13. The van der Waals surface area contributed by atoms with Crippen molar-refractivity contribution in [3.8, 4) is 0 Å². The zero-order chi connectivity index (χ0) is 26.3. The van der Waals surface area contributed by atoms with Gasteiger partial charge in [0, 0.05) is 6.42 Å². The molecule has 11 N–H and O–H groups in total. The Balaban J connectivity index is 2.23. The lowest BCUT2D eigenvalue weighted by atomic mass is 9.91. The Bertz CT molecular complexity index is 657. The summed E-state index contributed by atoms with van der Waals surface area (Å²) in [4.78, 5) is 12.0. The second-order valence-corrected chi connectivity index (χ2v) is 8.65. The predicted molar refractivity (Wildman–Crippen MR) is 112 cm³/mol. The van der Waals surface area contributed by atoms with Crippen molar-refractivity contribution in [1.82, 2.24) is 0 Å². The summed E-state index contributed by atoms with van der Waals surface area (Å²) in [5, 5.41) is 89.8. The first-order chi connectivity index (χ1) is 16.5. The first-order valence-electron chi connectivity index (χ1n) is 11.4. The lowest BCUT2D eigenvalue weighted by Crippen LogP contribution is -2.67. The summed E-state index contributed by atoms with van der Waals surface area (Å²) < 4.78 is 21.8. The van der Waals surface area contributed by atoms with Gasteiger partial charge in [0.25, 0.3) is 5.79 Å². The summed E-state index contributed by atoms with van der Waals surface area (Å²) in [6.45, 7) is -1.41. The molecule has 3 unspecified atom stereocenters.